The van der Waals surface area contributed by atoms with Gasteiger partial charge in [-0.3, -0.25) is 9.69 Å². The van der Waals surface area contributed by atoms with Gasteiger partial charge in [-0.25, -0.2) is 0 Å². The first-order valence-corrected chi connectivity index (χ1v) is 7.87. The molecule has 0 spiro atoms. The summed E-state index contributed by atoms with van der Waals surface area (Å²) in [5, 5.41) is 3.45. The van der Waals surface area contributed by atoms with Crippen molar-refractivity contribution < 1.29 is 4.79 Å². The van der Waals surface area contributed by atoms with Gasteiger partial charge < -0.3 is 5.32 Å². The first-order chi connectivity index (χ1) is 11.0. The molecule has 0 atom stereocenters. The third kappa shape index (κ3) is 3.03. The minimum atomic E-state index is -0.124. The lowest BCUT2D eigenvalue weighted by atomic mass is 10.0. The Morgan fingerprint density at radius 3 is 2.52 bits per heavy atom. The molecule has 1 N–H and O–H groups in total. The summed E-state index contributed by atoms with van der Waals surface area (Å²) in [4.78, 5) is 14.3. The van der Waals surface area contributed by atoms with E-state index < -0.39 is 0 Å². The number of hydrogen-bond acceptors (Lipinski definition) is 2. The van der Waals surface area contributed by atoms with Crippen molar-refractivity contribution in [3.05, 3.63) is 70.4 Å². The van der Waals surface area contributed by atoms with Crippen LogP contribution in [0.4, 0.5) is 5.69 Å². The van der Waals surface area contributed by atoms with Gasteiger partial charge in [0.05, 0.1) is 5.69 Å². The molecule has 0 unspecified atom stereocenters. The number of amides is 1. The third-order valence-electron chi connectivity index (χ3n) is 3.87. The number of hydrogen-bond donors (Lipinski definition) is 1. The lowest BCUT2D eigenvalue weighted by Crippen LogP contribution is -2.30. The predicted molar refractivity (Wildman–Crippen MR) is 98.3 cm³/mol. The topological polar surface area (TPSA) is 32.3 Å². The molecular weight excluding hydrogens is 304 g/mol. The molecule has 1 fully saturated rings. The number of anilines is 1. The first kappa shape index (κ1) is 15.4. The molecule has 3 rings (SSSR count). The van der Waals surface area contributed by atoms with Gasteiger partial charge in [0.2, 0.25) is 0 Å². The Morgan fingerprint density at radius 1 is 1.04 bits per heavy atom. The van der Waals surface area contributed by atoms with Gasteiger partial charge in [-0.1, -0.05) is 35.9 Å². The van der Waals surface area contributed by atoms with Gasteiger partial charge in [-0.15, -0.1) is 0 Å². The number of aryl methyl sites for hydroxylation is 3. The number of carbonyl (C=O) groups is 1. The van der Waals surface area contributed by atoms with E-state index in [2.05, 4.69) is 23.5 Å². The van der Waals surface area contributed by atoms with Crippen LogP contribution in [0.2, 0.25) is 0 Å². The lowest BCUT2D eigenvalue weighted by molar-refractivity contribution is -0.113. The van der Waals surface area contributed by atoms with Crippen LogP contribution >= 0.6 is 12.2 Å². The smallest absolute Gasteiger partial charge is 0.281 e. The van der Waals surface area contributed by atoms with Gasteiger partial charge in [-0.05, 0) is 67.9 Å². The van der Waals surface area contributed by atoms with Crippen molar-refractivity contribution in [2.45, 2.75) is 20.8 Å². The maximum absolute atomic E-state index is 12.7. The Labute approximate surface area is 141 Å². The summed E-state index contributed by atoms with van der Waals surface area (Å²) < 4.78 is 0. The highest BCUT2D eigenvalue weighted by molar-refractivity contribution is 7.80. The SMILES string of the molecule is Cc1cccc(N2C(=O)/C(=C\c3cc(C)ccc3C)NC2=S)c1. The summed E-state index contributed by atoms with van der Waals surface area (Å²) >= 11 is 5.35. The van der Waals surface area contributed by atoms with Crippen LogP contribution in [0.5, 0.6) is 0 Å². The van der Waals surface area contributed by atoms with Crippen molar-refractivity contribution in [1.82, 2.24) is 5.32 Å². The second-order valence-corrected chi connectivity index (χ2v) is 6.21. The molecular formula is C19H18N2OS. The van der Waals surface area contributed by atoms with E-state index in [1.165, 1.54) is 0 Å². The number of thiocarbonyl (C=S) groups is 1. The summed E-state index contributed by atoms with van der Waals surface area (Å²) in [6.45, 7) is 6.06. The van der Waals surface area contributed by atoms with Crippen LogP contribution in [0.1, 0.15) is 22.3 Å². The van der Waals surface area contributed by atoms with Crippen LogP contribution < -0.4 is 10.2 Å². The fourth-order valence-corrected chi connectivity index (χ4v) is 2.91. The zero-order valence-electron chi connectivity index (χ0n) is 13.4. The summed E-state index contributed by atoms with van der Waals surface area (Å²) in [6, 6.07) is 13.9. The number of benzene rings is 2. The largest absolute Gasteiger partial charge is 0.327 e. The van der Waals surface area contributed by atoms with E-state index in [1.54, 1.807) is 4.90 Å². The number of carbonyl (C=O) groups excluding carboxylic acids is 1. The zero-order valence-corrected chi connectivity index (χ0v) is 14.2. The van der Waals surface area contributed by atoms with Crippen molar-refractivity contribution in [3.63, 3.8) is 0 Å². The molecule has 0 aromatic heterocycles. The average molecular weight is 322 g/mol. The number of rotatable bonds is 2. The van der Waals surface area contributed by atoms with Crippen molar-refractivity contribution in [1.29, 1.82) is 0 Å². The highest BCUT2D eigenvalue weighted by Crippen LogP contribution is 2.24. The third-order valence-corrected chi connectivity index (χ3v) is 4.16. The highest BCUT2D eigenvalue weighted by Gasteiger charge is 2.31. The van der Waals surface area contributed by atoms with Gasteiger partial charge >= 0.3 is 0 Å². The molecule has 1 amide bonds. The monoisotopic (exact) mass is 322 g/mol. The van der Waals surface area contributed by atoms with Gasteiger partial charge in [0.1, 0.15) is 5.70 Å². The van der Waals surface area contributed by atoms with Crippen LogP contribution in [-0.4, -0.2) is 11.0 Å². The fourth-order valence-electron chi connectivity index (χ4n) is 2.61. The average Bonchev–Trinajstić information content (AvgIpc) is 2.77. The molecule has 1 heterocycles. The molecule has 2 aromatic rings. The molecule has 0 aliphatic carbocycles. The molecule has 2 aromatic carbocycles. The van der Waals surface area contributed by atoms with E-state index in [0.29, 0.717) is 10.8 Å². The molecule has 0 bridgehead atoms. The van der Waals surface area contributed by atoms with E-state index in [0.717, 1.165) is 27.9 Å². The van der Waals surface area contributed by atoms with Crippen molar-refractivity contribution >= 4 is 35.0 Å². The van der Waals surface area contributed by atoms with Gasteiger partial charge in [-0.2, -0.15) is 0 Å². The van der Waals surface area contributed by atoms with Crippen LogP contribution in [0.15, 0.2) is 48.2 Å². The van der Waals surface area contributed by atoms with Crippen molar-refractivity contribution in [3.8, 4) is 0 Å². The lowest BCUT2D eigenvalue weighted by Gasteiger charge is -2.14. The second kappa shape index (κ2) is 5.97. The molecule has 23 heavy (non-hydrogen) atoms. The molecule has 1 aliphatic heterocycles. The van der Waals surface area contributed by atoms with Crippen LogP contribution in [0, 0.1) is 20.8 Å². The molecule has 3 nitrogen and oxygen atoms in total. The van der Waals surface area contributed by atoms with Gasteiger partial charge in [0.15, 0.2) is 5.11 Å². The zero-order chi connectivity index (χ0) is 16.6. The Balaban J connectivity index is 1.98. The van der Waals surface area contributed by atoms with E-state index in [-0.39, 0.29) is 5.91 Å². The van der Waals surface area contributed by atoms with E-state index in [4.69, 9.17) is 12.2 Å². The fraction of sp³-hybridized carbons (Fsp3) is 0.158. The highest BCUT2D eigenvalue weighted by atomic mass is 32.1. The predicted octanol–water partition coefficient (Wildman–Crippen LogP) is 3.87. The Morgan fingerprint density at radius 2 is 1.78 bits per heavy atom. The van der Waals surface area contributed by atoms with Gasteiger partial charge in [0, 0.05) is 0 Å². The van der Waals surface area contributed by atoms with Crippen LogP contribution in [0.25, 0.3) is 6.08 Å². The molecule has 4 heteroatoms. The first-order valence-electron chi connectivity index (χ1n) is 7.47. The molecule has 116 valence electrons. The molecule has 1 aliphatic rings. The van der Waals surface area contributed by atoms with E-state index in [9.17, 15) is 4.79 Å². The Hall–Kier alpha value is -2.46. The summed E-state index contributed by atoms with van der Waals surface area (Å²) in [6.07, 6.45) is 1.87. The summed E-state index contributed by atoms with van der Waals surface area (Å²) in [5.41, 5.74) is 5.69. The summed E-state index contributed by atoms with van der Waals surface area (Å²) in [5.74, 6) is -0.124. The number of nitrogens with one attached hydrogen (secondary N) is 1. The second-order valence-electron chi connectivity index (χ2n) is 5.83. The van der Waals surface area contributed by atoms with E-state index >= 15 is 0 Å². The summed E-state index contributed by atoms with van der Waals surface area (Å²) in [7, 11) is 0. The molecule has 1 saturated heterocycles. The standard InChI is InChI=1S/C19H18N2OS/c1-12-5-4-6-16(10-12)21-18(22)17(20-19(21)23)11-15-9-13(2)7-8-14(15)3/h4-11H,1-3H3,(H,20,23)/b17-11+. The molecule has 0 radical (unpaired) electrons. The Kier molecular flexibility index (Phi) is 4.01. The van der Waals surface area contributed by atoms with E-state index in [1.807, 2.05) is 51.1 Å². The minimum absolute atomic E-state index is 0.124. The van der Waals surface area contributed by atoms with Gasteiger partial charge in [0.25, 0.3) is 5.91 Å². The number of nitrogens with zero attached hydrogens (tertiary/aromatic N) is 1. The maximum atomic E-state index is 12.7. The van der Waals surface area contributed by atoms with Crippen molar-refractivity contribution in [2.24, 2.45) is 0 Å². The maximum Gasteiger partial charge on any atom is 0.281 e. The van der Waals surface area contributed by atoms with Crippen LogP contribution in [0.3, 0.4) is 0 Å². The normalized spacial score (nSPS) is 16.1. The van der Waals surface area contributed by atoms with Crippen molar-refractivity contribution in [2.75, 3.05) is 4.90 Å². The quantitative estimate of drug-likeness (QED) is 0.673. The minimum Gasteiger partial charge on any atom is -0.327 e. The van der Waals surface area contributed by atoms with Crippen LogP contribution in [-0.2, 0) is 4.79 Å². The molecule has 0 saturated carbocycles. The Bertz CT molecular complexity index is 839.